The molecule has 0 spiro atoms. The molecule has 0 aliphatic heterocycles. The molecule has 0 atom stereocenters. The first-order valence-corrected chi connectivity index (χ1v) is 6.64. The van der Waals surface area contributed by atoms with Gasteiger partial charge in [-0.1, -0.05) is 25.4 Å². The Balaban J connectivity index is 2.91. The fourth-order valence-electron chi connectivity index (χ4n) is 1.92. The van der Waals surface area contributed by atoms with Crippen LogP contribution in [0.5, 0.6) is 0 Å². The van der Waals surface area contributed by atoms with Gasteiger partial charge in [0.05, 0.1) is 11.5 Å². The van der Waals surface area contributed by atoms with Crippen molar-refractivity contribution in [3.05, 3.63) is 38.9 Å². The van der Waals surface area contributed by atoms with Gasteiger partial charge in [0, 0.05) is 28.7 Å². The van der Waals surface area contributed by atoms with E-state index in [1.807, 2.05) is 13.8 Å². The first-order valence-electron chi connectivity index (χ1n) is 6.26. The molecule has 6 heteroatoms. The van der Waals surface area contributed by atoms with Crippen LogP contribution in [0.3, 0.4) is 0 Å². The van der Waals surface area contributed by atoms with Crippen molar-refractivity contribution < 1.29 is 10.0 Å². The van der Waals surface area contributed by atoms with E-state index < -0.39 is 10.5 Å². The molecule has 2 N–H and O–H groups in total. The number of aliphatic hydroxyl groups excluding tert-OH is 1. The summed E-state index contributed by atoms with van der Waals surface area (Å²) in [4.78, 5) is 10.5. The minimum Gasteiger partial charge on any atom is -0.394 e. The molecule has 106 valence electrons. The van der Waals surface area contributed by atoms with Crippen LogP contribution in [0.4, 0.5) is 5.69 Å². The maximum Gasteiger partial charge on any atom is 0.275 e. The molecule has 19 heavy (non-hydrogen) atoms. The number of aliphatic hydroxyl groups is 1. The highest BCUT2D eigenvalue weighted by molar-refractivity contribution is 6.30. The van der Waals surface area contributed by atoms with Crippen molar-refractivity contribution in [1.82, 2.24) is 5.32 Å². The van der Waals surface area contributed by atoms with Crippen LogP contribution in [0, 0.1) is 10.1 Å². The zero-order valence-electron chi connectivity index (χ0n) is 11.1. The molecule has 0 fully saturated rings. The SMILES string of the molecule is CCC(CC)(CO)NCc1ccc(Cl)cc1[N+](=O)[O-]. The van der Waals surface area contributed by atoms with E-state index in [0.717, 1.165) is 12.8 Å². The van der Waals surface area contributed by atoms with E-state index in [4.69, 9.17) is 11.6 Å². The molecule has 0 aromatic heterocycles. The van der Waals surface area contributed by atoms with E-state index >= 15 is 0 Å². The second kappa shape index (κ2) is 6.84. The van der Waals surface area contributed by atoms with Crippen LogP contribution in [0.2, 0.25) is 5.02 Å². The number of rotatable bonds is 7. The standard InChI is InChI=1S/C13H19ClN2O3/c1-3-13(4-2,9-17)15-8-10-5-6-11(14)7-12(10)16(18)19/h5-7,15,17H,3-4,8-9H2,1-2H3. The second-order valence-corrected chi connectivity index (χ2v) is 4.97. The third kappa shape index (κ3) is 3.89. The summed E-state index contributed by atoms with van der Waals surface area (Å²) in [5, 5.41) is 24.0. The lowest BCUT2D eigenvalue weighted by Crippen LogP contribution is -2.47. The number of benzene rings is 1. The van der Waals surface area contributed by atoms with Crippen LogP contribution >= 0.6 is 11.6 Å². The summed E-state index contributed by atoms with van der Waals surface area (Å²) >= 11 is 5.77. The highest BCUT2D eigenvalue weighted by Gasteiger charge is 2.25. The third-order valence-electron chi connectivity index (χ3n) is 3.55. The Morgan fingerprint density at radius 1 is 1.42 bits per heavy atom. The maximum absolute atomic E-state index is 11.0. The summed E-state index contributed by atoms with van der Waals surface area (Å²) in [5.41, 5.74) is 0.168. The van der Waals surface area contributed by atoms with Crippen LogP contribution in [-0.4, -0.2) is 22.2 Å². The molecule has 5 nitrogen and oxygen atoms in total. The zero-order chi connectivity index (χ0) is 14.5. The summed E-state index contributed by atoms with van der Waals surface area (Å²) in [6.07, 6.45) is 1.50. The molecule has 0 aliphatic carbocycles. The Labute approximate surface area is 117 Å². The number of nitrogens with zero attached hydrogens (tertiary/aromatic N) is 1. The number of nitrogens with one attached hydrogen (secondary N) is 1. The van der Waals surface area contributed by atoms with Crippen molar-refractivity contribution in [3.63, 3.8) is 0 Å². The average molecular weight is 287 g/mol. The number of halogens is 1. The molecule has 0 heterocycles. The first-order chi connectivity index (χ1) is 8.98. The Hall–Kier alpha value is -1.17. The minimum atomic E-state index is -0.443. The highest BCUT2D eigenvalue weighted by Crippen LogP contribution is 2.24. The van der Waals surface area contributed by atoms with Gasteiger partial charge in [0.25, 0.3) is 5.69 Å². The third-order valence-corrected chi connectivity index (χ3v) is 3.79. The van der Waals surface area contributed by atoms with Crippen molar-refractivity contribution in [2.75, 3.05) is 6.61 Å². The predicted molar refractivity (Wildman–Crippen MR) is 75.3 cm³/mol. The second-order valence-electron chi connectivity index (χ2n) is 4.53. The van der Waals surface area contributed by atoms with Crippen LogP contribution in [0.15, 0.2) is 18.2 Å². The van der Waals surface area contributed by atoms with Gasteiger partial charge in [-0.25, -0.2) is 0 Å². The highest BCUT2D eigenvalue weighted by atomic mass is 35.5. The zero-order valence-corrected chi connectivity index (χ0v) is 11.9. The molecular formula is C13H19ClN2O3. The minimum absolute atomic E-state index is 0.000883. The lowest BCUT2D eigenvalue weighted by atomic mass is 9.93. The molecular weight excluding hydrogens is 268 g/mol. The van der Waals surface area contributed by atoms with Crippen molar-refractivity contribution >= 4 is 17.3 Å². The Bertz CT molecular complexity index is 439. The van der Waals surface area contributed by atoms with Gasteiger partial charge in [-0.05, 0) is 25.0 Å². The van der Waals surface area contributed by atoms with Gasteiger partial charge in [0.1, 0.15) is 0 Å². The number of hydrogen-bond acceptors (Lipinski definition) is 4. The molecule has 1 aromatic carbocycles. The smallest absolute Gasteiger partial charge is 0.275 e. The number of hydrogen-bond donors (Lipinski definition) is 2. The largest absolute Gasteiger partial charge is 0.394 e. The molecule has 0 radical (unpaired) electrons. The Kier molecular flexibility index (Phi) is 5.72. The quantitative estimate of drug-likeness (QED) is 0.597. The number of nitro benzene ring substituents is 1. The van der Waals surface area contributed by atoms with E-state index in [0.29, 0.717) is 17.1 Å². The summed E-state index contributed by atoms with van der Waals surface area (Å²) in [6.45, 7) is 4.28. The van der Waals surface area contributed by atoms with Crippen LogP contribution in [-0.2, 0) is 6.54 Å². The first kappa shape index (κ1) is 15.9. The Morgan fingerprint density at radius 2 is 2.05 bits per heavy atom. The van der Waals surface area contributed by atoms with Gasteiger partial charge in [-0.15, -0.1) is 0 Å². The molecule has 0 saturated carbocycles. The molecule has 1 rings (SSSR count). The summed E-state index contributed by atoms with van der Waals surface area (Å²) in [6, 6.07) is 4.61. The van der Waals surface area contributed by atoms with Crippen molar-refractivity contribution in [3.8, 4) is 0 Å². The lowest BCUT2D eigenvalue weighted by Gasteiger charge is -2.30. The molecule has 0 bridgehead atoms. The fraction of sp³-hybridized carbons (Fsp3) is 0.538. The predicted octanol–water partition coefficient (Wildman–Crippen LogP) is 2.89. The van der Waals surface area contributed by atoms with E-state index in [9.17, 15) is 15.2 Å². The number of nitro groups is 1. The summed E-state index contributed by atoms with van der Waals surface area (Å²) in [7, 11) is 0. The van der Waals surface area contributed by atoms with Crippen LogP contribution in [0.25, 0.3) is 0 Å². The fourth-order valence-corrected chi connectivity index (χ4v) is 2.09. The molecule has 0 saturated heterocycles. The van der Waals surface area contributed by atoms with Crippen LogP contribution < -0.4 is 5.32 Å². The monoisotopic (exact) mass is 286 g/mol. The van der Waals surface area contributed by atoms with E-state index in [1.54, 1.807) is 12.1 Å². The Morgan fingerprint density at radius 3 is 2.53 bits per heavy atom. The van der Waals surface area contributed by atoms with Crippen molar-refractivity contribution in [2.45, 2.75) is 38.8 Å². The molecule has 0 aliphatic rings. The normalized spacial score (nSPS) is 11.6. The maximum atomic E-state index is 11.0. The van der Waals surface area contributed by atoms with Gasteiger partial charge in [-0.3, -0.25) is 10.1 Å². The molecule has 0 amide bonds. The van der Waals surface area contributed by atoms with Gasteiger partial charge in [0.15, 0.2) is 0 Å². The summed E-state index contributed by atoms with van der Waals surface area (Å²) < 4.78 is 0. The summed E-state index contributed by atoms with van der Waals surface area (Å²) in [5.74, 6) is 0. The van der Waals surface area contributed by atoms with Crippen molar-refractivity contribution in [2.24, 2.45) is 0 Å². The van der Waals surface area contributed by atoms with E-state index in [2.05, 4.69) is 5.32 Å². The topological polar surface area (TPSA) is 75.4 Å². The lowest BCUT2D eigenvalue weighted by molar-refractivity contribution is -0.385. The van der Waals surface area contributed by atoms with Crippen molar-refractivity contribution in [1.29, 1.82) is 0 Å². The van der Waals surface area contributed by atoms with Crippen LogP contribution in [0.1, 0.15) is 32.3 Å². The molecule has 0 unspecified atom stereocenters. The van der Waals surface area contributed by atoms with E-state index in [1.165, 1.54) is 6.07 Å². The molecule has 1 aromatic rings. The van der Waals surface area contributed by atoms with E-state index in [-0.39, 0.29) is 12.3 Å². The van der Waals surface area contributed by atoms with Gasteiger partial charge < -0.3 is 10.4 Å². The van der Waals surface area contributed by atoms with Gasteiger partial charge in [0.2, 0.25) is 0 Å². The average Bonchev–Trinajstić information content (AvgIpc) is 2.42. The van der Waals surface area contributed by atoms with Gasteiger partial charge >= 0.3 is 0 Å². The van der Waals surface area contributed by atoms with Gasteiger partial charge in [-0.2, -0.15) is 0 Å².